The summed E-state index contributed by atoms with van der Waals surface area (Å²) in [7, 11) is -1.23. The Hall–Kier alpha value is -1.45. The van der Waals surface area contributed by atoms with Crippen LogP contribution in [0.15, 0.2) is 10.6 Å². The fraction of sp³-hybridized carbons (Fsp3) is 0.810. The zero-order chi connectivity index (χ0) is 21.3. The second-order valence-corrected chi connectivity index (χ2v) is 11.2. The van der Waals surface area contributed by atoms with Crippen molar-refractivity contribution >= 4 is 15.9 Å². The fourth-order valence-electron chi connectivity index (χ4n) is 5.04. The second-order valence-electron chi connectivity index (χ2n) is 9.22. The Morgan fingerprint density at radius 1 is 1.23 bits per heavy atom. The van der Waals surface area contributed by atoms with Crippen molar-refractivity contribution in [2.24, 2.45) is 0 Å². The van der Waals surface area contributed by atoms with E-state index in [2.05, 4.69) is 22.3 Å². The van der Waals surface area contributed by atoms with Crippen molar-refractivity contribution in [3.05, 3.63) is 17.5 Å². The molecule has 2 saturated heterocycles. The van der Waals surface area contributed by atoms with Gasteiger partial charge in [-0.3, -0.25) is 4.79 Å². The molecule has 168 valence electrons. The maximum atomic E-state index is 13.0. The SMILES string of the molecule is CCCN(C)CCCS(=O)(=O)N1[C@@H]2CC[C@H]1CC(NC(=O)c1cc(C3CC3)on1)C2. The minimum Gasteiger partial charge on any atom is -0.360 e. The summed E-state index contributed by atoms with van der Waals surface area (Å²) in [5, 5.41) is 6.98. The van der Waals surface area contributed by atoms with E-state index in [-0.39, 0.29) is 29.8 Å². The number of amides is 1. The summed E-state index contributed by atoms with van der Waals surface area (Å²) in [6.45, 7) is 3.92. The van der Waals surface area contributed by atoms with Gasteiger partial charge in [-0.15, -0.1) is 0 Å². The van der Waals surface area contributed by atoms with E-state index in [0.29, 0.717) is 30.9 Å². The number of aromatic nitrogens is 1. The average Bonchev–Trinajstić information content (AvgIpc) is 3.34. The molecule has 4 rings (SSSR count). The predicted molar refractivity (Wildman–Crippen MR) is 114 cm³/mol. The molecule has 3 fully saturated rings. The molecule has 1 saturated carbocycles. The van der Waals surface area contributed by atoms with Crippen LogP contribution in [-0.2, 0) is 10.0 Å². The predicted octanol–water partition coefficient (Wildman–Crippen LogP) is 2.34. The molecule has 9 heteroatoms. The number of piperidine rings is 1. The van der Waals surface area contributed by atoms with Crippen molar-refractivity contribution in [3.8, 4) is 0 Å². The van der Waals surface area contributed by atoms with Crippen molar-refractivity contribution in [2.45, 2.75) is 82.3 Å². The van der Waals surface area contributed by atoms with Gasteiger partial charge in [0.1, 0.15) is 5.76 Å². The standard InChI is InChI=1S/C21H34N4O4S/c1-3-9-24(2)10-4-11-30(27,28)25-17-7-8-18(25)13-16(12-17)22-21(26)19-14-20(29-23-19)15-5-6-15/h14-18H,3-13H2,1-2H3,(H,22,26)/t16?,17-,18+. The van der Waals surface area contributed by atoms with Crippen LogP contribution in [0.25, 0.3) is 0 Å². The lowest BCUT2D eigenvalue weighted by molar-refractivity contribution is 0.0900. The van der Waals surface area contributed by atoms with Crippen molar-refractivity contribution in [1.82, 2.24) is 19.7 Å². The number of hydrogen-bond acceptors (Lipinski definition) is 6. The fourth-order valence-corrected chi connectivity index (χ4v) is 7.03. The van der Waals surface area contributed by atoms with Crippen LogP contribution in [0.1, 0.15) is 80.5 Å². The molecule has 1 aliphatic carbocycles. The highest BCUT2D eigenvalue weighted by molar-refractivity contribution is 7.89. The Balaban J connectivity index is 1.30. The van der Waals surface area contributed by atoms with Crippen molar-refractivity contribution in [2.75, 3.05) is 25.9 Å². The summed E-state index contributed by atoms with van der Waals surface area (Å²) in [6, 6.07) is 1.72. The zero-order valence-electron chi connectivity index (χ0n) is 18.0. The van der Waals surface area contributed by atoms with Gasteiger partial charge in [-0.2, -0.15) is 4.31 Å². The third kappa shape index (κ3) is 4.89. The summed E-state index contributed by atoms with van der Waals surface area (Å²) < 4.78 is 33.1. The van der Waals surface area contributed by atoms with Crippen LogP contribution in [-0.4, -0.2) is 72.7 Å². The first-order chi connectivity index (χ1) is 14.4. The molecule has 2 bridgehead atoms. The van der Waals surface area contributed by atoms with Crippen molar-refractivity contribution < 1.29 is 17.7 Å². The summed E-state index contributed by atoms with van der Waals surface area (Å²) in [6.07, 6.45) is 7.02. The molecule has 2 aliphatic heterocycles. The molecule has 0 radical (unpaired) electrons. The van der Waals surface area contributed by atoms with Gasteiger partial charge in [0.25, 0.3) is 5.91 Å². The molecule has 1 unspecified atom stereocenters. The van der Waals surface area contributed by atoms with E-state index in [1.54, 1.807) is 10.4 Å². The van der Waals surface area contributed by atoms with E-state index in [1.807, 2.05) is 7.05 Å². The van der Waals surface area contributed by atoms with Crippen LogP contribution in [0.2, 0.25) is 0 Å². The monoisotopic (exact) mass is 438 g/mol. The smallest absolute Gasteiger partial charge is 0.273 e. The Morgan fingerprint density at radius 3 is 2.57 bits per heavy atom. The molecule has 8 nitrogen and oxygen atoms in total. The molecule has 1 amide bonds. The molecule has 3 aliphatic rings. The number of carbonyl (C=O) groups excluding carboxylic acids is 1. The van der Waals surface area contributed by atoms with Crippen molar-refractivity contribution in [3.63, 3.8) is 0 Å². The number of hydrogen-bond donors (Lipinski definition) is 1. The molecule has 0 aromatic carbocycles. The number of nitrogens with zero attached hydrogens (tertiary/aromatic N) is 3. The summed E-state index contributed by atoms with van der Waals surface area (Å²) in [5.41, 5.74) is 0.329. The third-order valence-corrected chi connectivity index (χ3v) is 8.65. The lowest BCUT2D eigenvalue weighted by atomic mass is 9.99. The molecular weight excluding hydrogens is 404 g/mol. The van der Waals surface area contributed by atoms with Crippen LogP contribution in [0.3, 0.4) is 0 Å². The Morgan fingerprint density at radius 2 is 1.93 bits per heavy atom. The minimum absolute atomic E-state index is 0.00763. The molecule has 1 aromatic heterocycles. The lowest BCUT2D eigenvalue weighted by Crippen LogP contribution is -2.53. The van der Waals surface area contributed by atoms with E-state index in [4.69, 9.17) is 4.52 Å². The number of carbonyl (C=O) groups is 1. The largest absolute Gasteiger partial charge is 0.360 e. The van der Waals surface area contributed by atoms with Gasteiger partial charge in [0.05, 0.1) is 5.75 Å². The molecule has 30 heavy (non-hydrogen) atoms. The second kappa shape index (κ2) is 8.96. The van der Waals surface area contributed by atoms with Crippen LogP contribution in [0, 0.1) is 0 Å². The average molecular weight is 439 g/mol. The zero-order valence-corrected chi connectivity index (χ0v) is 18.9. The topological polar surface area (TPSA) is 95.8 Å². The van der Waals surface area contributed by atoms with Gasteiger partial charge in [0, 0.05) is 30.1 Å². The highest BCUT2D eigenvalue weighted by Crippen LogP contribution is 2.40. The van der Waals surface area contributed by atoms with Gasteiger partial charge in [-0.05, 0) is 71.5 Å². The number of fused-ring (bicyclic) bond motifs is 2. The van der Waals surface area contributed by atoms with E-state index in [0.717, 1.165) is 51.0 Å². The van der Waals surface area contributed by atoms with Crippen LogP contribution in [0.4, 0.5) is 0 Å². The Kier molecular flexibility index (Phi) is 6.50. The molecule has 1 aromatic rings. The van der Waals surface area contributed by atoms with E-state index in [9.17, 15) is 13.2 Å². The first-order valence-corrected chi connectivity index (χ1v) is 13.0. The van der Waals surface area contributed by atoms with Gasteiger partial charge in [0.2, 0.25) is 10.0 Å². The van der Waals surface area contributed by atoms with Gasteiger partial charge in [-0.25, -0.2) is 8.42 Å². The van der Waals surface area contributed by atoms with Gasteiger partial charge < -0.3 is 14.7 Å². The van der Waals surface area contributed by atoms with Crippen molar-refractivity contribution in [1.29, 1.82) is 0 Å². The lowest BCUT2D eigenvalue weighted by Gasteiger charge is -2.38. The number of sulfonamides is 1. The highest BCUT2D eigenvalue weighted by Gasteiger charge is 2.46. The normalized spacial score (nSPS) is 27.0. The number of rotatable bonds is 10. The molecule has 3 heterocycles. The van der Waals surface area contributed by atoms with Gasteiger partial charge >= 0.3 is 0 Å². The van der Waals surface area contributed by atoms with Gasteiger partial charge in [0.15, 0.2) is 5.69 Å². The summed E-state index contributed by atoms with van der Waals surface area (Å²) in [5.74, 6) is 1.20. The Labute approximate surface area is 179 Å². The quantitative estimate of drug-likeness (QED) is 0.602. The first-order valence-electron chi connectivity index (χ1n) is 11.3. The number of nitrogens with one attached hydrogen (secondary N) is 1. The minimum atomic E-state index is -3.27. The summed E-state index contributed by atoms with van der Waals surface area (Å²) in [4.78, 5) is 14.8. The van der Waals surface area contributed by atoms with E-state index in [1.165, 1.54) is 0 Å². The maximum Gasteiger partial charge on any atom is 0.273 e. The van der Waals surface area contributed by atoms with Gasteiger partial charge in [-0.1, -0.05) is 12.1 Å². The van der Waals surface area contributed by atoms with Crippen LogP contribution >= 0.6 is 0 Å². The van der Waals surface area contributed by atoms with Crippen LogP contribution < -0.4 is 5.32 Å². The first kappa shape index (κ1) is 21.8. The maximum absolute atomic E-state index is 13.0. The van der Waals surface area contributed by atoms with Crippen LogP contribution in [0.5, 0.6) is 0 Å². The van der Waals surface area contributed by atoms with E-state index < -0.39 is 10.0 Å². The molecule has 1 N–H and O–H groups in total. The Bertz CT molecular complexity index is 837. The molecular formula is C21H34N4O4S. The van der Waals surface area contributed by atoms with E-state index >= 15 is 0 Å². The molecule has 3 atom stereocenters. The molecule has 0 spiro atoms. The summed E-state index contributed by atoms with van der Waals surface area (Å²) >= 11 is 0. The third-order valence-electron chi connectivity index (χ3n) is 6.61. The highest BCUT2D eigenvalue weighted by atomic mass is 32.2.